The summed E-state index contributed by atoms with van der Waals surface area (Å²) in [4.78, 5) is 0. The fourth-order valence-electron chi connectivity index (χ4n) is 0.967. The predicted octanol–water partition coefficient (Wildman–Crippen LogP) is 0.127. The first-order valence-electron chi connectivity index (χ1n) is 4.07. The van der Waals surface area contributed by atoms with Gasteiger partial charge in [0.1, 0.15) is 6.10 Å². The van der Waals surface area contributed by atoms with Crippen molar-refractivity contribution in [2.75, 3.05) is 14.2 Å². The van der Waals surface area contributed by atoms with E-state index in [1.54, 1.807) is 0 Å². The summed E-state index contributed by atoms with van der Waals surface area (Å²) in [6, 6.07) is 0. The molecule has 0 saturated heterocycles. The third-order valence-corrected chi connectivity index (χ3v) is 1.76. The van der Waals surface area contributed by atoms with Gasteiger partial charge in [0.2, 0.25) is 0 Å². The van der Waals surface area contributed by atoms with Gasteiger partial charge in [0.05, 0.1) is 6.10 Å². The molecule has 0 aliphatic heterocycles. The second kappa shape index (κ2) is 6.37. The van der Waals surface area contributed by atoms with Crippen LogP contribution >= 0.6 is 0 Å². The Hall–Kier alpha value is -0.160. The van der Waals surface area contributed by atoms with Crippen LogP contribution in [0.5, 0.6) is 0 Å². The molecule has 4 nitrogen and oxygen atoms in total. The first-order valence-corrected chi connectivity index (χ1v) is 4.07. The number of hydrogen-bond donors (Lipinski definition) is 2. The van der Waals surface area contributed by atoms with E-state index in [-0.39, 0.29) is 6.42 Å². The molecular weight excluding hydrogens is 160 g/mol. The lowest BCUT2D eigenvalue weighted by molar-refractivity contribution is -0.171. The van der Waals surface area contributed by atoms with Crippen molar-refractivity contribution in [3.8, 4) is 0 Å². The molecule has 0 aliphatic carbocycles. The largest absolute Gasteiger partial charge is 0.393 e. The van der Waals surface area contributed by atoms with Gasteiger partial charge in [0.25, 0.3) is 0 Å². The lowest BCUT2D eigenvalue weighted by Crippen LogP contribution is -2.32. The van der Waals surface area contributed by atoms with Crippen LogP contribution < -0.4 is 0 Å². The van der Waals surface area contributed by atoms with Gasteiger partial charge in [-0.1, -0.05) is 6.92 Å². The highest BCUT2D eigenvalue weighted by Gasteiger charge is 2.20. The summed E-state index contributed by atoms with van der Waals surface area (Å²) in [7, 11) is 2.91. The Kier molecular flexibility index (Phi) is 6.28. The Bertz CT molecular complexity index is 103. The second-order valence-corrected chi connectivity index (χ2v) is 2.70. The fraction of sp³-hybridized carbons (Fsp3) is 1.00. The molecule has 0 aliphatic rings. The van der Waals surface area contributed by atoms with Crippen molar-refractivity contribution >= 4 is 0 Å². The van der Waals surface area contributed by atoms with Crippen LogP contribution in [0, 0.1) is 0 Å². The molecule has 0 rings (SSSR count). The van der Waals surface area contributed by atoms with Crippen molar-refractivity contribution in [2.24, 2.45) is 0 Å². The number of methoxy groups -OCH3 is 2. The van der Waals surface area contributed by atoms with Gasteiger partial charge in [-0.05, 0) is 6.42 Å². The molecule has 0 saturated carbocycles. The van der Waals surface area contributed by atoms with Crippen molar-refractivity contribution in [1.29, 1.82) is 0 Å². The molecule has 0 aromatic carbocycles. The Morgan fingerprint density at radius 1 is 1.17 bits per heavy atom. The van der Waals surface area contributed by atoms with E-state index >= 15 is 0 Å². The maximum Gasteiger partial charge on any atom is 0.182 e. The Balaban J connectivity index is 3.75. The van der Waals surface area contributed by atoms with Crippen molar-refractivity contribution < 1.29 is 19.7 Å². The van der Waals surface area contributed by atoms with E-state index in [0.717, 1.165) is 0 Å². The van der Waals surface area contributed by atoms with Crippen LogP contribution in [0.15, 0.2) is 0 Å². The van der Waals surface area contributed by atoms with Crippen LogP contribution in [0.2, 0.25) is 0 Å². The molecule has 74 valence electrons. The molecular formula is C8H18O4. The van der Waals surface area contributed by atoms with Crippen LogP contribution in [-0.4, -0.2) is 42.9 Å². The van der Waals surface area contributed by atoms with E-state index in [9.17, 15) is 10.2 Å². The first-order chi connectivity index (χ1) is 5.65. The minimum Gasteiger partial charge on any atom is -0.393 e. The topological polar surface area (TPSA) is 58.9 Å². The third kappa shape index (κ3) is 4.01. The van der Waals surface area contributed by atoms with Crippen molar-refractivity contribution in [3.05, 3.63) is 0 Å². The minimum atomic E-state index is -0.769. The van der Waals surface area contributed by atoms with Crippen molar-refractivity contribution in [2.45, 2.75) is 38.3 Å². The van der Waals surface area contributed by atoms with Gasteiger partial charge in [-0.3, -0.25) is 0 Å². The summed E-state index contributed by atoms with van der Waals surface area (Å²) < 4.78 is 9.65. The fourth-order valence-corrected chi connectivity index (χ4v) is 0.967. The van der Waals surface area contributed by atoms with Crippen LogP contribution in [0.3, 0.4) is 0 Å². The monoisotopic (exact) mass is 178 g/mol. The zero-order chi connectivity index (χ0) is 9.56. The second-order valence-electron chi connectivity index (χ2n) is 2.70. The SMILES string of the molecule is CCC(O)CC(O)C(OC)OC. The summed E-state index contributed by atoms with van der Waals surface area (Å²) in [6.45, 7) is 1.85. The number of hydrogen-bond acceptors (Lipinski definition) is 4. The zero-order valence-electron chi connectivity index (χ0n) is 7.86. The van der Waals surface area contributed by atoms with Crippen LogP contribution in [-0.2, 0) is 9.47 Å². The van der Waals surface area contributed by atoms with Gasteiger partial charge in [-0.15, -0.1) is 0 Å². The Morgan fingerprint density at radius 3 is 2.00 bits per heavy atom. The van der Waals surface area contributed by atoms with Gasteiger partial charge in [-0.2, -0.15) is 0 Å². The average molecular weight is 178 g/mol. The third-order valence-electron chi connectivity index (χ3n) is 1.76. The van der Waals surface area contributed by atoms with Crippen LogP contribution in [0.25, 0.3) is 0 Å². The summed E-state index contributed by atoms with van der Waals surface area (Å²) in [6.07, 6.45) is -1.01. The molecule has 0 bridgehead atoms. The van der Waals surface area contributed by atoms with E-state index in [1.807, 2.05) is 6.92 Å². The predicted molar refractivity (Wildman–Crippen MR) is 44.7 cm³/mol. The van der Waals surface area contributed by atoms with Crippen molar-refractivity contribution in [1.82, 2.24) is 0 Å². The van der Waals surface area contributed by atoms with E-state index < -0.39 is 18.5 Å². The van der Waals surface area contributed by atoms with E-state index in [1.165, 1.54) is 14.2 Å². The lowest BCUT2D eigenvalue weighted by atomic mass is 10.1. The van der Waals surface area contributed by atoms with Gasteiger partial charge >= 0.3 is 0 Å². The van der Waals surface area contributed by atoms with Gasteiger partial charge in [0.15, 0.2) is 6.29 Å². The van der Waals surface area contributed by atoms with E-state index in [4.69, 9.17) is 9.47 Å². The van der Waals surface area contributed by atoms with Crippen LogP contribution in [0.1, 0.15) is 19.8 Å². The number of rotatable bonds is 6. The molecule has 2 atom stereocenters. The first kappa shape index (κ1) is 11.8. The van der Waals surface area contributed by atoms with Crippen molar-refractivity contribution in [3.63, 3.8) is 0 Å². The smallest absolute Gasteiger partial charge is 0.182 e. The van der Waals surface area contributed by atoms with Gasteiger partial charge in [0, 0.05) is 20.6 Å². The molecule has 0 radical (unpaired) electrons. The molecule has 0 fully saturated rings. The highest BCUT2D eigenvalue weighted by Crippen LogP contribution is 2.08. The zero-order valence-corrected chi connectivity index (χ0v) is 7.86. The Morgan fingerprint density at radius 2 is 1.67 bits per heavy atom. The normalized spacial score (nSPS) is 16.5. The summed E-state index contributed by atoms with van der Waals surface area (Å²) in [5.74, 6) is 0. The highest BCUT2D eigenvalue weighted by molar-refractivity contribution is 4.65. The molecule has 0 heterocycles. The molecule has 2 N–H and O–H groups in total. The molecule has 4 heteroatoms. The molecule has 0 spiro atoms. The highest BCUT2D eigenvalue weighted by atomic mass is 16.7. The summed E-state index contributed by atoms with van der Waals surface area (Å²) in [5, 5.41) is 18.6. The van der Waals surface area contributed by atoms with Gasteiger partial charge < -0.3 is 19.7 Å². The average Bonchev–Trinajstić information content (AvgIpc) is 2.06. The van der Waals surface area contributed by atoms with Crippen LogP contribution in [0.4, 0.5) is 0 Å². The molecule has 0 aromatic rings. The molecule has 12 heavy (non-hydrogen) atoms. The maximum atomic E-state index is 9.40. The minimum absolute atomic E-state index is 0.281. The molecule has 0 aromatic heterocycles. The number of ether oxygens (including phenoxy) is 2. The lowest BCUT2D eigenvalue weighted by Gasteiger charge is -2.21. The summed E-state index contributed by atoms with van der Waals surface area (Å²) >= 11 is 0. The summed E-state index contributed by atoms with van der Waals surface area (Å²) in [5.41, 5.74) is 0. The van der Waals surface area contributed by atoms with E-state index in [2.05, 4.69) is 0 Å². The number of aliphatic hydroxyl groups excluding tert-OH is 2. The quantitative estimate of drug-likeness (QED) is 0.567. The van der Waals surface area contributed by atoms with Gasteiger partial charge in [-0.25, -0.2) is 0 Å². The maximum absolute atomic E-state index is 9.40. The molecule has 2 unspecified atom stereocenters. The standard InChI is InChI=1S/C8H18O4/c1-4-6(9)5-7(10)8(11-2)12-3/h6-10H,4-5H2,1-3H3. The molecule has 0 amide bonds. The number of aliphatic hydroxyl groups is 2. The Labute approximate surface area is 73.1 Å². The van der Waals surface area contributed by atoms with E-state index in [0.29, 0.717) is 6.42 Å².